The fourth-order valence-corrected chi connectivity index (χ4v) is 2.47. The smallest absolute Gasteiger partial charge is 0.258 e. The molecule has 0 saturated carbocycles. The molecule has 110 valence electrons. The van der Waals surface area contributed by atoms with Crippen molar-refractivity contribution in [3.05, 3.63) is 59.9 Å². The number of aryl methyl sites for hydroxylation is 1. The SMILES string of the molecule is Cc1nn(Cc2ccc(Br)c([N+](=O)[O-])c2)c(C)c1[N+](=O)[O-]. The van der Waals surface area contributed by atoms with Gasteiger partial charge in [0.25, 0.3) is 5.69 Å². The number of halogens is 1. The lowest BCUT2D eigenvalue weighted by Gasteiger charge is -2.05. The molecule has 0 amide bonds. The Morgan fingerprint density at radius 1 is 1.24 bits per heavy atom. The predicted molar refractivity (Wildman–Crippen MR) is 78.3 cm³/mol. The summed E-state index contributed by atoms with van der Waals surface area (Å²) in [5.41, 5.74) is 1.31. The van der Waals surface area contributed by atoms with E-state index in [2.05, 4.69) is 21.0 Å². The number of hydrogen-bond acceptors (Lipinski definition) is 5. The number of aromatic nitrogens is 2. The van der Waals surface area contributed by atoms with Gasteiger partial charge in [-0.3, -0.25) is 24.9 Å². The molecule has 0 unspecified atom stereocenters. The monoisotopic (exact) mass is 354 g/mol. The summed E-state index contributed by atoms with van der Waals surface area (Å²) in [6.07, 6.45) is 0. The third-order valence-corrected chi connectivity index (χ3v) is 3.74. The quantitative estimate of drug-likeness (QED) is 0.619. The van der Waals surface area contributed by atoms with Crippen molar-refractivity contribution in [3.8, 4) is 0 Å². The molecule has 0 N–H and O–H groups in total. The number of nitrogens with zero attached hydrogens (tertiary/aromatic N) is 4. The molecule has 2 aromatic rings. The molecule has 1 aromatic heterocycles. The van der Waals surface area contributed by atoms with Crippen molar-refractivity contribution in [2.24, 2.45) is 0 Å². The molecular weight excluding hydrogens is 344 g/mol. The Morgan fingerprint density at radius 2 is 1.90 bits per heavy atom. The summed E-state index contributed by atoms with van der Waals surface area (Å²) in [4.78, 5) is 20.9. The van der Waals surface area contributed by atoms with E-state index in [0.717, 1.165) is 0 Å². The fraction of sp³-hybridized carbons (Fsp3) is 0.250. The first-order valence-electron chi connectivity index (χ1n) is 5.92. The van der Waals surface area contributed by atoms with Crippen LogP contribution in [0.1, 0.15) is 17.0 Å². The van der Waals surface area contributed by atoms with Crippen molar-refractivity contribution in [2.75, 3.05) is 0 Å². The molecule has 0 fully saturated rings. The van der Waals surface area contributed by atoms with Crippen LogP contribution in [0, 0.1) is 34.1 Å². The fourth-order valence-electron chi connectivity index (χ4n) is 2.08. The molecule has 2 rings (SSSR count). The standard InChI is InChI=1S/C12H11BrN4O4/c1-7-12(17(20)21)8(2)15(14-7)6-9-3-4-10(13)11(5-9)16(18)19/h3-5H,6H2,1-2H3. The Morgan fingerprint density at radius 3 is 2.43 bits per heavy atom. The molecule has 0 radical (unpaired) electrons. The van der Waals surface area contributed by atoms with E-state index in [9.17, 15) is 20.2 Å². The van der Waals surface area contributed by atoms with Gasteiger partial charge >= 0.3 is 5.69 Å². The van der Waals surface area contributed by atoms with Crippen molar-refractivity contribution >= 4 is 27.3 Å². The van der Waals surface area contributed by atoms with Crippen molar-refractivity contribution in [2.45, 2.75) is 20.4 Å². The Kier molecular flexibility index (Phi) is 4.03. The normalized spacial score (nSPS) is 10.6. The summed E-state index contributed by atoms with van der Waals surface area (Å²) >= 11 is 3.11. The zero-order chi connectivity index (χ0) is 15.7. The van der Waals surface area contributed by atoms with Gasteiger partial charge in [-0.25, -0.2) is 0 Å². The Bertz CT molecular complexity index is 741. The lowest BCUT2D eigenvalue weighted by molar-refractivity contribution is -0.386. The minimum atomic E-state index is -0.489. The van der Waals surface area contributed by atoms with E-state index in [1.165, 1.54) is 10.7 Å². The summed E-state index contributed by atoms with van der Waals surface area (Å²) in [6, 6.07) is 4.71. The van der Waals surface area contributed by atoms with Gasteiger partial charge in [-0.2, -0.15) is 5.10 Å². The Labute approximate surface area is 127 Å². The summed E-state index contributed by atoms with van der Waals surface area (Å²) in [7, 11) is 0. The van der Waals surface area contributed by atoms with Gasteiger partial charge in [0.05, 0.1) is 20.9 Å². The summed E-state index contributed by atoms with van der Waals surface area (Å²) < 4.78 is 1.86. The van der Waals surface area contributed by atoms with E-state index in [-0.39, 0.29) is 17.9 Å². The van der Waals surface area contributed by atoms with E-state index in [1.807, 2.05) is 0 Å². The van der Waals surface area contributed by atoms with Crippen molar-refractivity contribution in [1.82, 2.24) is 9.78 Å². The second kappa shape index (κ2) is 5.60. The average Bonchev–Trinajstić information content (AvgIpc) is 2.66. The highest BCUT2D eigenvalue weighted by atomic mass is 79.9. The van der Waals surface area contributed by atoms with Gasteiger partial charge in [0, 0.05) is 6.07 Å². The molecule has 0 aliphatic heterocycles. The van der Waals surface area contributed by atoms with Gasteiger partial charge < -0.3 is 0 Å². The van der Waals surface area contributed by atoms with Crippen LogP contribution in [0.4, 0.5) is 11.4 Å². The van der Waals surface area contributed by atoms with Gasteiger partial charge in [-0.05, 0) is 41.4 Å². The maximum absolute atomic E-state index is 11.0. The second-order valence-corrected chi connectivity index (χ2v) is 5.33. The van der Waals surface area contributed by atoms with Crippen LogP contribution in [0.5, 0.6) is 0 Å². The minimum absolute atomic E-state index is 0.0263. The van der Waals surface area contributed by atoms with Gasteiger partial charge in [-0.1, -0.05) is 6.07 Å². The maximum Gasteiger partial charge on any atom is 0.312 e. The first-order valence-corrected chi connectivity index (χ1v) is 6.71. The number of benzene rings is 1. The maximum atomic E-state index is 11.0. The number of hydrogen-bond donors (Lipinski definition) is 0. The largest absolute Gasteiger partial charge is 0.312 e. The first-order chi connectivity index (χ1) is 9.81. The number of nitro groups is 2. The molecule has 0 saturated heterocycles. The minimum Gasteiger partial charge on any atom is -0.258 e. The van der Waals surface area contributed by atoms with Crippen molar-refractivity contribution < 1.29 is 9.85 Å². The van der Waals surface area contributed by atoms with E-state index in [0.29, 0.717) is 21.4 Å². The van der Waals surface area contributed by atoms with Gasteiger partial charge in [-0.15, -0.1) is 0 Å². The third-order valence-electron chi connectivity index (χ3n) is 3.07. The topological polar surface area (TPSA) is 104 Å². The van der Waals surface area contributed by atoms with Crippen LogP contribution in [0.2, 0.25) is 0 Å². The summed E-state index contributed by atoms with van der Waals surface area (Å²) in [5, 5.41) is 26.0. The molecule has 8 nitrogen and oxygen atoms in total. The van der Waals surface area contributed by atoms with Gasteiger partial charge in [0.1, 0.15) is 11.4 Å². The van der Waals surface area contributed by atoms with Crippen LogP contribution in [0.25, 0.3) is 0 Å². The molecule has 0 atom stereocenters. The highest BCUT2D eigenvalue weighted by Crippen LogP contribution is 2.27. The van der Waals surface area contributed by atoms with Crippen LogP contribution >= 0.6 is 15.9 Å². The van der Waals surface area contributed by atoms with E-state index >= 15 is 0 Å². The molecule has 0 aliphatic rings. The van der Waals surface area contributed by atoms with Crippen LogP contribution in [-0.2, 0) is 6.54 Å². The predicted octanol–water partition coefficient (Wildman–Crippen LogP) is 3.13. The summed E-state index contributed by atoms with van der Waals surface area (Å²) in [6.45, 7) is 3.39. The zero-order valence-electron chi connectivity index (χ0n) is 11.2. The first kappa shape index (κ1) is 15.1. The average molecular weight is 355 g/mol. The molecule has 9 heteroatoms. The van der Waals surface area contributed by atoms with Crippen LogP contribution in [0.15, 0.2) is 22.7 Å². The molecule has 21 heavy (non-hydrogen) atoms. The number of rotatable bonds is 4. The zero-order valence-corrected chi connectivity index (χ0v) is 12.8. The van der Waals surface area contributed by atoms with Crippen molar-refractivity contribution in [1.29, 1.82) is 0 Å². The summed E-state index contributed by atoms with van der Waals surface area (Å²) in [5.74, 6) is 0. The van der Waals surface area contributed by atoms with Crippen molar-refractivity contribution in [3.63, 3.8) is 0 Å². The molecule has 1 aromatic carbocycles. The molecular formula is C12H11BrN4O4. The number of nitro benzene ring substituents is 1. The molecule has 0 bridgehead atoms. The Balaban J connectivity index is 2.39. The van der Waals surface area contributed by atoms with Crippen LogP contribution in [-0.4, -0.2) is 19.6 Å². The van der Waals surface area contributed by atoms with Gasteiger partial charge in [0.15, 0.2) is 0 Å². The van der Waals surface area contributed by atoms with E-state index in [1.54, 1.807) is 26.0 Å². The van der Waals surface area contributed by atoms with E-state index in [4.69, 9.17) is 0 Å². The van der Waals surface area contributed by atoms with E-state index < -0.39 is 9.85 Å². The molecule has 0 spiro atoms. The lowest BCUT2D eigenvalue weighted by atomic mass is 10.2. The van der Waals surface area contributed by atoms with Crippen LogP contribution in [0.3, 0.4) is 0 Å². The lowest BCUT2D eigenvalue weighted by Crippen LogP contribution is -2.05. The highest BCUT2D eigenvalue weighted by Gasteiger charge is 2.22. The highest BCUT2D eigenvalue weighted by molar-refractivity contribution is 9.10. The Hall–Kier alpha value is -2.29. The molecule has 0 aliphatic carbocycles. The second-order valence-electron chi connectivity index (χ2n) is 4.48. The molecule has 1 heterocycles. The van der Waals surface area contributed by atoms with Gasteiger partial charge in [0.2, 0.25) is 0 Å². The van der Waals surface area contributed by atoms with Crippen LogP contribution < -0.4 is 0 Å². The third kappa shape index (κ3) is 2.92.